The van der Waals surface area contributed by atoms with Crippen LogP contribution in [0.4, 0.5) is 5.82 Å². The fourth-order valence-corrected chi connectivity index (χ4v) is 1.97. The topological polar surface area (TPSA) is 54.0 Å². The van der Waals surface area contributed by atoms with Gasteiger partial charge in [-0.05, 0) is 25.5 Å². The van der Waals surface area contributed by atoms with Crippen molar-refractivity contribution in [1.82, 2.24) is 10.3 Å². The van der Waals surface area contributed by atoms with Gasteiger partial charge in [0.2, 0.25) is 0 Å². The van der Waals surface area contributed by atoms with Gasteiger partial charge < -0.3 is 10.6 Å². The highest BCUT2D eigenvalue weighted by Gasteiger charge is 2.10. The minimum atomic E-state index is -0.0260. The van der Waals surface area contributed by atoms with Crippen LogP contribution in [0.3, 0.4) is 0 Å². The summed E-state index contributed by atoms with van der Waals surface area (Å²) in [6.45, 7) is 4.26. The standard InChI is InChI=1S/C15H25N3O/c1-4-5-6-7-8-12(2)18-15(19)13-9-10-17-14(11-13)16-3/h9-12H,4-8H2,1-3H3,(H,16,17)(H,18,19). The molecule has 0 saturated carbocycles. The smallest absolute Gasteiger partial charge is 0.251 e. The van der Waals surface area contributed by atoms with Crippen LogP contribution in [-0.2, 0) is 0 Å². The summed E-state index contributed by atoms with van der Waals surface area (Å²) in [6, 6.07) is 3.72. The largest absolute Gasteiger partial charge is 0.373 e. The molecule has 4 heteroatoms. The Bertz CT molecular complexity index is 393. The molecule has 4 nitrogen and oxygen atoms in total. The van der Waals surface area contributed by atoms with E-state index in [0.29, 0.717) is 11.4 Å². The van der Waals surface area contributed by atoms with Crippen molar-refractivity contribution in [3.8, 4) is 0 Å². The van der Waals surface area contributed by atoms with Crippen LogP contribution in [0.15, 0.2) is 18.3 Å². The van der Waals surface area contributed by atoms with Crippen LogP contribution in [0.2, 0.25) is 0 Å². The van der Waals surface area contributed by atoms with E-state index in [1.807, 2.05) is 0 Å². The van der Waals surface area contributed by atoms with Crippen molar-refractivity contribution in [2.75, 3.05) is 12.4 Å². The zero-order valence-electron chi connectivity index (χ0n) is 12.2. The van der Waals surface area contributed by atoms with Crippen molar-refractivity contribution >= 4 is 11.7 Å². The van der Waals surface area contributed by atoms with Gasteiger partial charge in [-0.25, -0.2) is 4.98 Å². The van der Waals surface area contributed by atoms with E-state index in [-0.39, 0.29) is 11.9 Å². The molecule has 1 unspecified atom stereocenters. The molecule has 1 aromatic rings. The highest BCUT2D eigenvalue weighted by atomic mass is 16.1. The average Bonchev–Trinajstić information content (AvgIpc) is 2.43. The van der Waals surface area contributed by atoms with Crippen molar-refractivity contribution < 1.29 is 4.79 Å². The highest BCUT2D eigenvalue weighted by Crippen LogP contribution is 2.08. The van der Waals surface area contributed by atoms with E-state index < -0.39 is 0 Å². The Morgan fingerprint density at radius 3 is 2.84 bits per heavy atom. The Labute approximate surface area is 116 Å². The molecule has 1 atom stereocenters. The second-order valence-electron chi connectivity index (χ2n) is 4.90. The first-order valence-corrected chi connectivity index (χ1v) is 7.12. The minimum Gasteiger partial charge on any atom is -0.373 e. The van der Waals surface area contributed by atoms with Crippen LogP contribution in [0.5, 0.6) is 0 Å². The van der Waals surface area contributed by atoms with Crippen molar-refractivity contribution in [2.24, 2.45) is 0 Å². The number of nitrogens with zero attached hydrogens (tertiary/aromatic N) is 1. The van der Waals surface area contributed by atoms with Gasteiger partial charge in [-0.1, -0.05) is 32.6 Å². The molecule has 2 N–H and O–H groups in total. The Hall–Kier alpha value is -1.58. The molecular formula is C15H25N3O. The molecule has 1 rings (SSSR count). The number of carbonyl (C=O) groups excluding carboxylic acids is 1. The van der Waals surface area contributed by atoms with E-state index >= 15 is 0 Å². The monoisotopic (exact) mass is 263 g/mol. The van der Waals surface area contributed by atoms with E-state index in [0.717, 1.165) is 6.42 Å². The second-order valence-corrected chi connectivity index (χ2v) is 4.90. The SMILES string of the molecule is CCCCCCC(C)NC(=O)c1ccnc(NC)c1. The number of hydrogen-bond donors (Lipinski definition) is 2. The van der Waals surface area contributed by atoms with Crippen molar-refractivity contribution in [1.29, 1.82) is 0 Å². The van der Waals surface area contributed by atoms with Gasteiger partial charge in [0.25, 0.3) is 5.91 Å². The van der Waals surface area contributed by atoms with E-state index in [2.05, 4.69) is 29.5 Å². The molecule has 0 aromatic carbocycles. The molecule has 0 aliphatic heterocycles. The number of aromatic nitrogens is 1. The van der Waals surface area contributed by atoms with Gasteiger partial charge in [-0.3, -0.25) is 4.79 Å². The first-order chi connectivity index (χ1) is 9.17. The Kier molecular flexibility index (Phi) is 6.93. The molecule has 19 heavy (non-hydrogen) atoms. The van der Waals surface area contributed by atoms with Crippen LogP contribution < -0.4 is 10.6 Å². The zero-order chi connectivity index (χ0) is 14.1. The highest BCUT2D eigenvalue weighted by molar-refractivity contribution is 5.94. The second kappa shape index (κ2) is 8.51. The number of hydrogen-bond acceptors (Lipinski definition) is 3. The number of anilines is 1. The number of carbonyl (C=O) groups is 1. The Morgan fingerprint density at radius 2 is 2.16 bits per heavy atom. The van der Waals surface area contributed by atoms with Gasteiger partial charge in [-0.2, -0.15) is 0 Å². The van der Waals surface area contributed by atoms with E-state index in [9.17, 15) is 4.79 Å². The first kappa shape index (κ1) is 15.5. The predicted octanol–water partition coefficient (Wildman–Crippen LogP) is 3.21. The molecule has 0 fully saturated rings. The number of nitrogens with one attached hydrogen (secondary N) is 2. The number of amides is 1. The lowest BCUT2D eigenvalue weighted by Crippen LogP contribution is -2.32. The maximum absolute atomic E-state index is 12.0. The number of unbranched alkanes of at least 4 members (excludes halogenated alkanes) is 3. The third-order valence-electron chi connectivity index (χ3n) is 3.15. The molecule has 0 bridgehead atoms. The minimum absolute atomic E-state index is 0.0260. The van der Waals surface area contributed by atoms with E-state index in [1.54, 1.807) is 25.4 Å². The van der Waals surface area contributed by atoms with Gasteiger partial charge in [-0.15, -0.1) is 0 Å². The third-order valence-corrected chi connectivity index (χ3v) is 3.15. The molecule has 0 radical (unpaired) electrons. The van der Waals surface area contributed by atoms with Gasteiger partial charge >= 0.3 is 0 Å². The Balaban J connectivity index is 2.40. The van der Waals surface area contributed by atoms with Gasteiger partial charge in [0, 0.05) is 24.8 Å². The molecule has 0 spiro atoms. The van der Waals surface area contributed by atoms with Crippen LogP contribution in [0.25, 0.3) is 0 Å². The zero-order valence-corrected chi connectivity index (χ0v) is 12.2. The molecule has 0 aliphatic carbocycles. The summed E-state index contributed by atoms with van der Waals surface area (Å²) in [5, 5.41) is 5.96. The number of rotatable bonds is 8. The summed E-state index contributed by atoms with van der Waals surface area (Å²) in [5.74, 6) is 0.685. The molecule has 0 aliphatic rings. The lowest BCUT2D eigenvalue weighted by molar-refractivity contribution is 0.0938. The third kappa shape index (κ3) is 5.73. The lowest BCUT2D eigenvalue weighted by Gasteiger charge is -2.14. The molecule has 1 aromatic heterocycles. The van der Waals surface area contributed by atoms with Crippen LogP contribution >= 0.6 is 0 Å². The molecule has 106 valence electrons. The summed E-state index contributed by atoms with van der Waals surface area (Å²) in [6.07, 6.45) is 7.62. The lowest BCUT2D eigenvalue weighted by atomic mass is 10.1. The quantitative estimate of drug-likeness (QED) is 0.708. The fraction of sp³-hybridized carbons (Fsp3) is 0.600. The Morgan fingerprint density at radius 1 is 1.37 bits per heavy atom. The normalized spacial score (nSPS) is 11.9. The number of pyridine rings is 1. The summed E-state index contributed by atoms with van der Waals surface area (Å²) in [5.41, 5.74) is 0.653. The summed E-state index contributed by atoms with van der Waals surface area (Å²) in [4.78, 5) is 16.1. The predicted molar refractivity (Wildman–Crippen MR) is 79.5 cm³/mol. The van der Waals surface area contributed by atoms with Gasteiger partial charge in [0.1, 0.15) is 5.82 Å². The van der Waals surface area contributed by atoms with Crippen molar-refractivity contribution in [3.63, 3.8) is 0 Å². The van der Waals surface area contributed by atoms with Crippen LogP contribution in [0.1, 0.15) is 56.3 Å². The van der Waals surface area contributed by atoms with Crippen LogP contribution in [0, 0.1) is 0 Å². The average molecular weight is 263 g/mol. The van der Waals surface area contributed by atoms with E-state index in [4.69, 9.17) is 0 Å². The maximum Gasteiger partial charge on any atom is 0.251 e. The maximum atomic E-state index is 12.0. The summed E-state index contributed by atoms with van der Waals surface area (Å²) >= 11 is 0. The van der Waals surface area contributed by atoms with Gasteiger partial charge in [0.05, 0.1) is 0 Å². The molecule has 0 saturated heterocycles. The van der Waals surface area contributed by atoms with Crippen molar-refractivity contribution in [2.45, 2.75) is 52.0 Å². The molecule has 1 amide bonds. The summed E-state index contributed by atoms with van der Waals surface area (Å²) in [7, 11) is 1.79. The molecule has 1 heterocycles. The fourth-order valence-electron chi connectivity index (χ4n) is 1.97. The van der Waals surface area contributed by atoms with Crippen molar-refractivity contribution in [3.05, 3.63) is 23.9 Å². The first-order valence-electron chi connectivity index (χ1n) is 7.12. The molecular weight excluding hydrogens is 238 g/mol. The van der Waals surface area contributed by atoms with Crippen LogP contribution in [-0.4, -0.2) is 24.0 Å². The van der Waals surface area contributed by atoms with Gasteiger partial charge in [0.15, 0.2) is 0 Å². The van der Waals surface area contributed by atoms with E-state index in [1.165, 1.54) is 25.7 Å². The summed E-state index contributed by atoms with van der Waals surface area (Å²) < 4.78 is 0.